The van der Waals surface area contributed by atoms with Crippen molar-refractivity contribution < 1.29 is 9.00 Å². The molecule has 0 aliphatic carbocycles. The van der Waals surface area contributed by atoms with Crippen molar-refractivity contribution in [1.29, 1.82) is 0 Å². The topological polar surface area (TPSA) is 37.4 Å². The van der Waals surface area contributed by atoms with Crippen LogP contribution in [0.25, 0.3) is 0 Å². The highest BCUT2D eigenvalue weighted by Gasteiger charge is 2.25. The maximum atomic E-state index is 12.3. The van der Waals surface area contributed by atoms with Gasteiger partial charge in [-0.05, 0) is 31.2 Å². The zero-order valence-electron chi connectivity index (χ0n) is 10.3. The number of hydrogen-bond donors (Lipinski definition) is 0. The van der Waals surface area contributed by atoms with Crippen LogP contribution in [0.4, 0.5) is 0 Å². The van der Waals surface area contributed by atoms with Crippen LogP contribution in [0.3, 0.4) is 0 Å². The molecule has 1 unspecified atom stereocenters. The van der Waals surface area contributed by atoms with Crippen molar-refractivity contribution in [3.05, 3.63) is 34.9 Å². The number of rotatable bonds is 3. The van der Waals surface area contributed by atoms with Crippen LogP contribution in [-0.2, 0) is 10.8 Å². The van der Waals surface area contributed by atoms with Crippen molar-refractivity contribution in [2.45, 2.75) is 13.0 Å². The van der Waals surface area contributed by atoms with E-state index >= 15 is 0 Å². The lowest BCUT2D eigenvalue weighted by molar-refractivity contribution is 0.0850. The predicted octanol–water partition coefficient (Wildman–Crippen LogP) is 1.98. The lowest BCUT2D eigenvalue weighted by atomic mass is 10.0. The van der Waals surface area contributed by atoms with Crippen molar-refractivity contribution in [2.75, 3.05) is 24.6 Å². The van der Waals surface area contributed by atoms with Gasteiger partial charge in [0.1, 0.15) is 0 Å². The summed E-state index contributed by atoms with van der Waals surface area (Å²) in [5, 5.41) is 0.632. The minimum absolute atomic E-state index is 0.0966. The van der Waals surface area contributed by atoms with Gasteiger partial charge in [0.05, 0.1) is 6.04 Å². The smallest absolute Gasteiger partial charge is 0.179 e. The van der Waals surface area contributed by atoms with Gasteiger partial charge in [0.2, 0.25) is 0 Å². The van der Waals surface area contributed by atoms with Gasteiger partial charge < -0.3 is 0 Å². The van der Waals surface area contributed by atoms with Crippen LogP contribution in [0.5, 0.6) is 0 Å². The van der Waals surface area contributed by atoms with Crippen molar-refractivity contribution in [2.24, 2.45) is 0 Å². The first-order valence-corrected chi connectivity index (χ1v) is 7.83. The molecule has 1 aliphatic rings. The fourth-order valence-electron chi connectivity index (χ4n) is 2.06. The Bertz CT molecular complexity index is 451. The molecule has 0 bridgehead atoms. The summed E-state index contributed by atoms with van der Waals surface area (Å²) in [5.74, 6) is 1.43. The minimum atomic E-state index is -0.709. The second-order valence-corrected chi connectivity index (χ2v) is 6.56. The number of carbonyl (C=O) groups is 1. The third kappa shape index (κ3) is 3.19. The first kappa shape index (κ1) is 13.7. The van der Waals surface area contributed by atoms with Gasteiger partial charge in [-0.2, -0.15) is 0 Å². The molecule has 1 aliphatic heterocycles. The third-order valence-corrected chi connectivity index (χ3v) is 4.80. The Morgan fingerprint density at radius 1 is 1.28 bits per heavy atom. The van der Waals surface area contributed by atoms with E-state index in [1.54, 1.807) is 24.3 Å². The first-order valence-electron chi connectivity index (χ1n) is 5.97. The Labute approximate surface area is 115 Å². The summed E-state index contributed by atoms with van der Waals surface area (Å²) in [4.78, 5) is 14.4. The maximum Gasteiger partial charge on any atom is 0.179 e. The van der Waals surface area contributed by atoms with Crippen molar-refractivity contribution in [1.82, 2.24) is 4.90 Å². The van der Waals surface area contributed by atoms with Crippen LogP contribution < -0.4 is 0 Å². The number of nitrogens with zero attached hydrogens (tertiary/aromatic N) is 1. The average molecular weight is 286 g/mol. The van der Waals surface area contributed by atoms with E-state index in [0.717, 1.165) is 13.1 Å². The van der Waals surface area contributed by atoms with E-state index in [1.165, 1.54) is 0 Å². The number of halogens is 1. The van der Waals surface area contributed by atoms with E-state index in [0.29, 0.717) is 22.1 Å². The van der Waals surface area contributed by atoms with Crippen LogP contribution in [0, 0.1) is 0 Å². The molecule has 5 heteroatoms. The standard InChI is InChI=1S/C13H16ClNO2S/c1-10(15-6-8-18(17)9-7-15)13(16)11-2-4-12(14)5-3-11/h2-5,10H,6-9H2,1H3. The van der Waals surface area contributed by atoms with Crippen LogP contribution in [-0.4, -0.2) is 45.5 Å². The molecule has 0 aromatic heterocycles. The molecule has 0 spiro atoms. The lowest BCUT2D eigenvalue weighted by Crippen LogP contribution is -2.46. The summed E-state index contributed by atoms with van der Waals surface area (Å²) < 4.78 is 11.3. The summed E-state index contributed by atoms with van der Waals surface area (Å²) in [5.41, 5.74) is 0.679. The summed E-state index contributed by atoms with van der Waals surface area (Å²) in [7, 11) is -0.709. The highest BCUT2D eigenvalue weighted by atomic mass is 35.5. The summed E-state index contributed by atoms with van der Waals surface area (Å²) in [6.45, 7) is 3.37. The Balaban J connectivity index is 2.04. The molecular weight excluding hydrogens is 270 g/mol. The molecule has 18 heavy (non-hydrogen) atoms. The van der Waals surface area contributed by atoms with Gasteiger partial charge in [-0.3, -0.25) is 13.9 Å². The van der Waals surface area contributed by atoms with Gasteiger partial charge in [-0.25, -0.2) is 0 Å². The predicted molar refractivity (Wildman–Crippen MR) is 74.7 cm³/mol. The molecule has 0 amide bonds. The Morgan fingerprint density at radius 3 is 2.39 bits per heavy atom. The number of benzene rings is 1. The molecule has 1 fully saturated rings. The highest BCUT2D eigenvalue weighted by molar-refractivity contribution is 7.85. The van der Waals surface area contributed by atoms with E-state index in [2.05, 4.69) is 4.90 Å². The molecule has 1 heterocycles. The van der Waals surface area contributed by atoms with Crippen molar-refractivity contribution in [3.8, 4) is 0 Å². The van der Waals surface area contributed by atoms with Gasteiger partial charge in [-0.1, -0.05) is 11.6 Å². The highest BCUT2D eigenvalue weighted by Crippen LogP contribution is 2.14. The van der Waals surface area contributed by atoms with Gasteiger partial charge in [0.15, 0.2) is 5.78 Å². The lowest BCUT2D eigenvalue weighted by Gasteiger charge is -2.31. The van der Waals surface area contributed by atoms with Crippen LogP contribution in [0.15, 0.2) is 24.3 Å². The second kappa shape index (κ2) is 5.95. The molecule has 0 saturated carbocycles. The molecular formula is C13H16ClNO2S. The molecule has 3 nitrogen and oxygen atoms in total. The van der Waals surface area contributed by atoms with E-state index < -0.39 is 10.8 Å². The summed E-state index contributed by atoms with van der Waals surface area (Å²) in [6.07, 6.45) is 0. The average Bonchev–Trinajstić information content (AvgIpc) is 2.39. The van der Waals surface area contributed by atoms with Crippen molar-refractivity contribution >= 4 is 28.2 Å². The summed E-state index contributed by atoms with van der Waals surface area (Å²) >= 11 is 5.81. The first-order chi connectivity index (χ1) is 8.58. The van der Waals surface area contributed by atoms with Gasteiger partial charge in [-0.15, -0.1) is 0 Å². The fourth-order valence-corrected chi connectivity index (χ4v) is 3.27. The van der Waals surface area contributed by atoms with E-state index in [9.17, 15) is 9.00 Å². The molecule has 1 atom stereocenters. The van der Waals surface area contributed by atoms with E-state index in [4.69, 9.17) is 11.6 Å². The Morgan fingerprint density at radius 2 is 1.83 bits per heavy atom. The molecule has 1 saturated heterocycles. The van der Waals surface area contributed by atoms with Crippen LogP contribution >= 0.6 is 11.6 Å². The molecule has 1 aromatic rings. The minimum Gasteiger partial charge on any atom is -0.292 e. The Hall–Kier alpha value is -0.710. The summed E-state index contributed by atoms with van der Waals surface area (Å²) in [6, 6.07) is 6.80. The molecule has 2 rings (SSSR count). The molecule has 1 aromatic carbocycles. The SMILES string of the molecule is CC(C(=O)c1ccc(Cl)cc1)N1CCS(=O)CC1. The zero-order valence-corrected chi connectivity index (χ0v) is 11.8. The van der Waals surface area contributed by atoms with Gasteiger partial charge >= 0.3 is 0 Å². The number of Topliss-reactive ketones (excluding diaryl/α,β-unsaturated/α-hetero) is 1. The zero-order chi connectivity index (χ0) is 13.1. The molecule has 0 N–H and O–H groups in total. The van der Waals surface area contributed by atoms with Gasteiger partial charge in [0.25, 0.3) is 0 Å². The Kier molecular flexibility index (Phi) is 4.54. The number of hydrogen-bond acceptors (Lipinski definition) is 3. The van der Waals surface area contributed by atoms with Crippen molar-refractivity contribution in [3.63, 3.8) is 0 Å². The van der Waals surface area contributed by atoms with Crippen LogP contribution in [0.2, 0.25) is 5.02 Å². The maximum absolute atomic E-state index is 12.3. The number of ketones is 1. The number of carbonyl (C=O) groups excluding carboxylic acids is 1. The van der Waals surface area contributed by atoms with Gasteiger partial charge in [0, 0.05) is 46.0 Å². The second-order valence-electron chi connectivity index (χ2n) is 4.43. The van der Waals surface area contributed by atoms with E-state index in [-0.39, 0.29) is 11.8 Å². The monoisotopic (exact) mass is 285 g/mol. The largest absolute Gasteiger partial charge is 0.292 e. The quantitative estimate of drug-likeness (QED) is 0.797. The normalized spacial score (nSPS) is 19.7. The third-order valence-electron chi connectivity index (χ3n) is 3.27. The fraction of sp³-hybridized carbons (Fsp3) is 0.462. The molecule has 98 valence electrons. The molecule has 0 radical (unpaired) electrons. The van der Waals surface area contributed by atoms with Crippen LogP contribution in [0.1, 0.15) is 17.3 Å². The van der Waals surface area contributed by atoms with E-state index in [1.807, 2.05) is 6.92 Å².